The summed E-state index contributed by atoms with van der Waals surface area (Å²) in [6.07, 6.45) is 2.47. The number of aryl methyl sites for hydroxylation is 1. The van der Waals surface area contributed by atoms with E-state index in [0.29, 0.717) is 13.2 Å². The first-order chi connectivity index (χ1) is 11.1. The van der Waals surface area contributed by atoms with E-state index in [2.05, 4.69) is 17.6 Å². The van der Waals surface area contributed by atoms with Crippen LogP contribution in [0.15, 0.2) is 24.3 Å². The van der Waals surface area contributed by atoms with Crippen molar-refractivity contribution in [2.45, 2.75) is 32.2 Å². The molecule has 0 aliphatic carbocycles. The lowest BCUT2D eigenvalue weighted by atomic mass is 9.92. The number of anilines is 1. The molecular formula is C17H26ClN3O3. The predicted octanol–water partition coefficient (Wildman–Crippen LogP) is 1.48. The minimum atomic E-state index is -0.588. The van der Waals surface area contributed by atoms with Crippen LogP contribution in [0.25, 0.3) is 0 Å². The van der Waals surface area contributed by atoms with Gasteiger partial charge in [-0.2, -0.15) is 0 Å². The maximum Gasteiger partial charge on any atom is 0.243 e. The third-order valence-electron chi connectivity index (χ3n) is 4.12. The summed E-state index contributed by atoms with van der Waals surface area (Å²) in [4.78, 5) is 24.0. The smallest absolute Gasteiger partial charge is 0.243 e. The lowest BCUT2D eigenvalue weighted by Crippen LogP contribution is -2.48. The lowest BCUT2D eigenvalue weighted by Gasteiger charge is -2.26. The van der Waals surface area contributed by atoms with Crippen molar-refractivity contribution >= 4 is 29.9 Å². The van der Waals surface area contributed by atoms with Gasteiger partial charge in [0.2, 0.25) is 11.8 Å². The summed E-state index contributed by atoms with van der Waals surface area (Å²) in [6.45, 7) is 3.25. The molecule has 2 rings (SSSR count). The highest BCUT2D eigenvalue weighted by molar-refractivity contribution is 5.95. The summed E-state index contributed by atoms with van der Waals surface area (Å²) < 4.78 is 5.26. The maximum atomic E-state index is 12.0. The number of ether oxygens (including phenoxy) is 1. The second-order valence-corrected chi connectivity index (χ2v) is 5.80. The van der Waals surface area contributed by atoms with Crippen molar-refractivity contribution in [2.75, 3.05) is 25.1 Å². The molecule has 24 heavy (non-hydrogen) atoms. The number of hydrogen-bond donors (Lipinski definition) is 3. The van der Waals surface area contributed by atoms with Crippen molar-refractivity contribution in [3.05, 3.63) is 29.8 Å². The monoisotopic (exact) mass is 355 g/mol. The van der Waals surface area contributed by atoms with E-state index in [-0.39, 0.29) is 36.7 Å². The van der Waals surface area contributed by atoms with Crippen molar-refractivity contribution in [2.24, 2.45) is 11.7 Å². The molecule has 7 heteroatoms. The Morgan fingerprint density at radius 3 is 2.71 bits per heavy atom. The number of nitrogens with two attached hydrogens (primary N) is 1. The van der Waals surface area contributed by atoms with Crippen molar-refractivity contribution < 1.29 is 14.3 Å². The summed E-state index contributed by atoms with van der Waals surface area (Å²) in [5.41, 5.74) is 7.85. The number of carbonyl (C=O) groups excluding carboxylic acids is 2. The number of hydrogen-bond acceptors (Lipinski definition) is 4. The van der Waals surface area contributed by atoms with Gasteiger partial charge in [-0.15, -0.1) is 12.4 Å². The topological polar surface area (TPSA) is 93.5 Å². The van der Waals surface area contributed by atoms with E-state index in [1.54, 1.807) is 0 Å². The van der Waals surface area contributed by atoms with Crippen LogP contribution in [-0.2, 0) is 20.7 Å². The van der Waals surface area contributed by atoms with Crippen LogP contribution in [0.2, 0.25) is 0 Å². The Labute approximate surface area is 148 Å². The van der Waals surface area contributed by atoms with Gasteiger partial charge in [0.15, 0.2) is 0 Å². The molecule has 1 saturated heterocycles. The molecule has 1 heterocycles. The van der Waals surface area contributed by atoms with Gasteiger partial charge in [-0.1, -0.05) is 19.1 Å². The summed E-state index contributed by atoms with van der Waals surface area (Å²) in [7, 11) is 0. The molecule has 134 valence electrons. The molecule has 0 radical (unpaired) electrons. The Morgan fingerprint density at radius 1 is 1.33 bits per heavy atom. The number of nitrogens with one attached hydrogen (secondary N) is 2. The van der Waals surface area contributed by atoms with Crippen molar-refractivity contribution in [3.63, 3.8) is 0 Å². The van der Waals surface area contributed by atoms with Crippen molar-refractivity contribution in [1.29, 1.82) is 0 Å². The van der Waals surface area contributed by atoms with Crippen LogP contribution in [0.5, 0.6) is 0 Å². The standard InChI is InChI=1S/C17H25N3O3.ClH/c1-2-12-4-3-5-14(10-12)20-15(21)11-19-17(22)16(18)13-6-8-23-9-7-13;/h3-5,10,13,16H,2,6-9,11,18H2,1H3,(H,19,22)(H,20,21);1H. The highest BCUT2D eigenvalue weighted by Gasteiger charge is 2.26. The normalized spacial score (nSPS) is 15.9. The summed E-state index contributed by atoms with van der Waals surface area (Å²) in [5, 5.41) is 5.39. The summed E-state index contributed by atoms with van der Waals surface area (Å²) >= 11 is 0. The zero-order valence-corrected chi connectivity index (χ0v) is 14.7. The minimum Gasteiger partial charge on any atom is -0.381 e. The number of benzene rings is 1. The Morgan fingerprint density at radius 2 is 2.04 bits per heavy atom. The van der Waals surface area contributed by atoms with Crippen LogP contribution < -0.4 is 16.4 Å². The van der Waals surface area contributed by atoms with Crippen LogP contribution in [0.3, 0.4) is 0 Å². The Balaban J connectivity index is 0.00000288. The molecule has 2 amide bonds. The zero-order chi connectivity index (χ0) is 16.7. The van der Waals surface area contributed by atoms with Crippen molar-refractivity contribution in [1.82, 2.24) is 5.32 Å². The average molecular weight is 356 g/mol. The molecule has 0 spiro atoms. The molecule has 1 aliphatic rings. The molecular weight excluding hydrogens is 330 g/mol. The van der Waals surface area contributed by atoms with Gasteiger partial charge < -0.3 is 21.1 Å². The lowest BCUT2D eigenvalue weighted by molar-refractivity contribution is -0.126. The molecule has 0 aromatic heterocycles. The van der Waals surface area contributed by atoms with Crippen LogP contribution in [-0.4, -0.2) is 37.6 Å². The number of amides is 2. The second-order valence-electron chi connectivity index (χ2n) is 5.80. The largest absolute Gasteiger partial charge is 0.381 e. The van der Waals surface area contributed by atoms with Gasteiger partial charge in [0, 0.05) is 18.9 Å². The highest BCUT2D eigenvalue weighted by atomic mass is 35.5. The summed E-state index contributed by atoms with van der Waals surface area (Å²) in [5.74, 6) is -0.423. The first-order valence-electron chi connectivity index (χ1n) is 8.10. The van der Waals surface area contributed by atoms with E-state index in [4.69, 9.17) is 10.5 Å². The first kappa shape index (κ1) is 20.4. The molecule has 0 saturated carbocycles. The van der Waals surface area contributed by atoms with Crippen LogP contribution >= 0.6 is 12.4 Å². The molecule has 4 N–H and O–H groups in total. The van der Waals surface area contributed by atoms with Gasteiger partial charge >= 0.3 is 0 Å². The van der Waals surface area contributed by atoms with Gasteiger partial charge in [0.1, 0.15) is 0 Å². The Kier molecular flexibility index (Phi) is 8.74. The molecule has 0 bridgehead atoms. The molecule has 1 aliphatic heterocycles. The number of halogens is 1. The molecule has 6 nitrogen and oxygen atoms in total. The third-order valence-corrected chi connectivity index (χ3v) is 4.12. The van der Waals surface area contributed by atoms with Gasteiger partial charge in [-0.3, -0.25) is 9.59 Å². The second kappa shape index (κ2) is 10.3. The Bertz CT molecular complexity index is 548. The first-order valence-corrected chi connectivity index (χ1v) is 8.10. The fourth-order valence-electron chi connectivity index (χ4n) is 2.65. The van der Waals surface area contributed by atoms with Gasteiger partial charge in [-0.25, -0.2) is 0 Å². The zero-order valence-electron chi connectivity index (χ0n) is 13.9. The third kappa shape index (κ3) is 6.11. The minimum absolute atomic E-state index is 0. The van der Waals surface area contributed by atoms with Crippen molar-refractivity contribution in [3.8, 4) is 0 Å². The van der Waals surface area contributed by atoms with E-state index in [0.717, 1.165) is 30.5 Å². The number of rotatable bonds is 6. The fraction of sp³-hybridized carbons (Fsp3) is 0.529. The van der Waals surface area contributed by atoms with E-state index >= 15 is 0 Å². The summed E-state index contributed by atoms with van der Waals surface area (Å²) in [6, 6.07) is 7.06. The van der Waals surface area contributed by atoms with E-state index < -0.39 is 6.04 Å². The van der Waals surface area contributed by atoms with Gasteiger partial charge in [-0.05, 0) is 42.9 Å². The molecule has 1 unspecified atom stereocenters. The van der Waals surface area contributed by atoms with Gasteiger partial charge in [0.25, 0.3) is 0 Å². The maximum absolute atomic E-state index is 12.0. The number of carbonyl (C=O) groups is 2. The predicted molar refractivity (Wildman–Crippen MR) is 96.2 cm³/mol. The van der Waals surface area contributed by atoms with Gasteiger partial charge in [0.05, 0.1) is 12.6 Å². The average Bonchev–Trinajstić information content (AvgIpc) is 2.60. The SMILES string of the molecule is CCc1cccc(NC(=O)CNC(=O)C(N)C2CCOCC2)c1.Cl. The van der Waals surface area contributed by atoms with Crippen LogP contribution in [0, 0.1) is 5.92 Å². The highest BCUT2D eigenvalue weighted by Crippen LogP contribution is 2.17. The Hall–Kier alpha value is -1.63. The van der Waals surface area contributed by atoms with E-state index in [1.807, 2.05) is 24.3 Å². The van der Waals surface area contributed by atoms with E-state index in [1.165, 1.54) is 0 Å². The fourth-order valence-corrected chi connectivity index (χ4v) is 2.65. The molecule has 1 aromatic carbocycles. The van der Waals surface area contributed by atoms with Crippen LogP contribution in [0.1, 0.15) is 25.3 Å². The molecule has 1 atom stereocenters. The van der Waals surface area contributed by atoms with Crippen LogP contribution in [0.4, 0.5) is 5.69 Å². The molecule has 1 aromatic rings. The van der Waals surface area contributed by atoms with E-state index in [9.17, 15) is 9.59 Å². The molecule has 1 fully saturated rings. The quantitative estimate of drug-likeness (QED) is 0.720.